The first kappa shape index (κ1) is 15.9. The Morgan fingerprint density at radius 1 is 1.24 bits per heavy atom. The summed E-state index contributed by atoms with van der Waals surface area (Å²) >= 11 is 0. The smallest absolute Gasteiger partial charge is 0.257 e. The first-order chi connectivity index (χ1) is 12.1. The summed E-state index contributed by atoms with van der Waals surface area (Å²) in [6, 6.07) is 10.9. The fraction of sp³-hybridized carbons (Fsp3) is 0.294. The van der Waals surface area contributed by atoms with Gasteiger partial charge in [0, 0.05) is 6.20 Å². The summed E-state index contributed by atoms with van der Waals surface area (Å²) in [5.74, 6) is 1.07. The molecule has 0 aliphatic heterocycles. The zero-order chi connectivity index (χ0) is 17.4. The maximum absolute atomic E-state index is 12.7. The van der Waals surface area contributed by atoms with Gasteiger partial charge in [0.05, 0.1) is 17.5 Å². The maximum atomic E-state index is 12.7. The SMILES string of the molecule is CCOc1ccccc1Nc1nn(S(=O)(=O)C2CC2)c2cccnc12. The number of nitrogens with one attached hydrogen (secondary N) is 1. The molecule has 0 saturated heterocycles. The number of fused-ring (bicyclic) bond motifs is 1. The topological polar surface area (TPSA) is 86.1 Å². The molecule has 8 heteroatoms. The molecule has 1 fully saturated rings. The van der Waals surface area contributed by atoms with Gasteiger partial charge in [-0.25, -0.2) is 8.42 Å². The lowest BCUT2D eigenvalue weighted by atomic mass is 10.3. The van der Waals surface area contributed by atoms with E-state index >= 15 is 0 Å². The van der Waals surface area contributed by atoms with Crippen molar-refractivity contribution in [3.8, 4) is 5.75 Å². The van der Waals surface area contributed by atoms with Gasteiger partial charge >= 0.3 is 0 Å². The number of benzene rings is 1. The molecule has 1 aliphatic rings. The molecule has 0 radical (unpaired) electrons. The number of anilines is 2. The molecule has 130 valence electrons. The Morgan fingerprint density at radius 3 is 2.80 bits per heavy atom. The van der Waals surface area contributed by atoms with E-state index in [2.05, 4.69) is 15.4 Å². The fourth-order valence-electron chi connectivity index (χ4n) is 2.69. The van der Waals surface area contributed by atoms with E-state index in [0.717, 1.165) is 4.09 Å². The van der Waals surface area contributed by atoms with Crippen LogP contribution >= 0.6 is 0 Å². The van der Waals surface area contributed by atoms with E-state index in [1.807, 2.05) is 31.2 Å². The Kier molecular flexibility index (Phi) is 3.84. The van der Waals surface area contributed by atoms with Gasteiger partial charge in [0.2, 0.25) is 0 Å². The van der Waals surface area contributed by atoms with Crippen LogP contribution in [0.5, 0.6) is 5.75 Å². The summed E-state index contributed by atoms with van der Waals surface area (Å²) in [4.78, 5) is 4.32. The van der Waals surface area contributed by atoms with Crippen molar-refractivity contribution in [2.24, 2.45) is 0 Å². The molecule has 1 aliphatic carbocycles. The molecule has 1 aromatic carbocycles. The lowest BCUT2D eigenvalue weighted by molar-refractivity contribution is 0.342. The molecule has 3 aromatic rings. The summed E-state index contributed by atoms with van der Waals surface area (Å²) in [7, 11) is -3.49. The van der Waals surface area contributed by atoms with Crippen LogP contribution in [0.25, 0.3) is 11.0 Å². The number of aromatic nitrogens is 3. The van der Waals surface area contributed by atoms with Crippen LogP contribution in [0.15, 0.2) is 42.6 Å². The minimum absolute atomic E-state index is 0.348. The molecule has 2 heterocycles. The minimum Gasteiger partial charge on any atom is -0.492 e. The average molecular weight is 358 g/mol. The lowest BCUT2D eigenvalue weighted by Gasteiger charge is -2.10. The third kappa shape index (κ3) is 2.82. The molecule has 0 amide bonds. The Hall–Kier alpha value is -2.61. The molecule has 1 saturated carbocycles. The second-order valence-corrected chi connectivity index (χ2v) is 7.90. The highest BCUT2D eigenvalue weighted by molar-refractivity contribution is 7.90. The summed E-state index contributed by atoms with van der Waals surface area (Å²) in [6.07, 6.45) is 2.98. The van der Waals surface area contributed by atoms with E-state index in [1.165, 1.54) is 0 Å². The van der Waals surface area contributed by atoms with E-state index in [4.69, 9.17) is 4.74 Å². The largest absolute Gasteiger partial charge is 0.492 e. The van der Waals surface area contributed by atoms with Crippen molar-refractivity contribution in [2.75, 3.05) is 11.9 Å². The van der Waals surface area contributed by atoms with Crippen LogP contribution in [0.2, 0.25) is 0 Å². The second-order valence-electron chi connectivity index (χ2n) is 5.86. The van der Waals surface area contributed by atoms with Crippen LogP contribution in [-0.4, -0.2) is 34.4 Å². The fourth-order valence-corrected chi connectivity index (χ4v) is 4.32. The summed E-state index contributed by atoms with van der Waals surface area (Å²) in [6.45, 7) is 2.44. The number of pyridine rings is 1. The van der Waals surface area contributed by atoms with Crippen molar-refractivity contribution >= 4 is 32.6 Å². The third-order valence-electron chi connectivity index (χ3n) is 4.03. The van der Waals surface area contributed by atoms with Gasteiger partial charge in [-0.2, -0.15) is 4.09 Å². The first-order valence-electron chi connectivity index (χ1n) is 8.18. The standard InChI is InChI=1S/C17H18N4O3S/c1-2-24-15-8-4-3-6-13(15)19-17-16-14(7-5-11-18-16)21(20-17)25(22,23)12-9-10-12/h3-8,11-12H,2,9-10H2,1H3,(H,19,20). The van der Waals surface area contributed by atoms with Gasteiger partial charge in [0.1, 0.15) is 16.8 Å². The van der Waals surface area contributed by atoms with Crippen molar-refractivity contribution in [3.63, 3.8) is 0 Å². The van der Waals surface area contributed by atoms with E-state index < -0.39 is 10.0 Å². The molecular formula is C17H18N4O3S. The Labute approximate surface area is 145 Å². The Bertz CT molecular complexity index is 1030. The van der Waals surface area contributed by atoms with Crippen LogP contribution < -0.4 is 10.1 Å². The van der Waals surface area contributed by atoms with Crippen LogP contribution in [0.4, 0.5) is 11.5 Å². The molecule has 25 heavy (non-hydrogen) atoms. The molecule has 2 aromatic heterocycles. The average Bonchev–Trinajstić information content (AvgIpc) is 3.41. The van der Waals surface area contributed by atoms with Gasteiger partial charge in [-0.05, 0) is 44.0 Å². The highest BCUT2D eigenvalue weighted by Gasteiger charge is 2.39. The minimum atomic E-state index is -3.49. The lowest BCUT2D eigenvalue weighted by Crippen LogP contribution is -2.18. The highest BCUT2D eigenvalue weighted by atomic mass is 32.2. The molecule has 0 bridgehead atoms. The molecule has 4 rings (SSSR count). The summed E-state index contributed by atoms with van der Waals surface area (Å²) in [5.41, 5.74) is 1.70. The van der Waals surface area contributed by atoms with Crippen molar-refractivity contribution < 1.29 is 13.2 Å². The van der Waals surface area contributed by atoms with Crippen molar-refractivity contribution in [1.29, 1.82) is 0 Å². The highest BCUT2D eigenvalue weighted by Crippen LogP contribution is 2.34. The van der Waals surface area contributed by atoms with Crippen molar-refractivity contribution in [3.05, 3.63) is 42.6 Å². The summed E-state index contributed by atoms with van der Waals surface area (Å²) in [5, 5.41) is 7.14. The van der Waals surface area contributed by atoms with Gasteiger partial charge in [-0.3, -0.25) is 4.98 Å². The van der Waals surface area contributed by atoms with E-state index in [0.29, 0.717) is 47.7 Å². The molecule has 0 unspecified atom stereocenters. The predicted octanol–water partition coefficient (Wildman–Crippen LogP) is 2.91. The normalized spacial score (nSPS) is 14.6. The maximum Gasteiger partial charge on any atom is 0.257 e. The van der Waals surface area contributed by atoms with Crippen molar-refractivity contribution in [2.45, 2.75) is 25.0 Å². The van der Waals surface area contributed by atoms with Gasteiger partial charge in [0.25, 0.3) is 10.0 Å². The zero-order valence-electron chi connectivity index (χ0n) is 13.7. The monoisotopic (exact) mass is 358 g/mol. The molecule has 7 nitrogen and oxygen atoms in total. The van der Waals surface area contributed by atoms with Crippen LogP contribution in [0.3, 0.4) is 0 Å². The van der Waals surface area contributed by atoms with E-state index in [9.17, 15) is 8.42 Å². The van der Waals surface area contributed by atoms with Gasteiger partial charge in [0.15, 0.2) is 5.82 Å². The number of nitrogens with zero attached hydrogens (tertiary/aromatic N) is 3. The quantitative estimate of drug-likeness (QED) is 0.729. The van der Waals surface area contributed by atoms with E-state index in [1.54, 1.807) is 18.3 Å². The zero-order valence-corrected chi connectivity index (χ0v) is 14.5. The Balaban J connectivity index is 1.81. The van der Waals surface area contributed by atoms with Crippen molar-refractivity contribution in [1.82, 2.24) is 14.2 Å². The van der Waals surface area contributed by atoms with Gasteiger partial charge < -0.3 is 10.1 Å². The van der Waals surface area contributed by atoms with Crippen LogP contribution in [-0.2, 0) is 10.0 Å². The predicted molar refractivity (Wildman–Crippen MR) is 95.8 cm³/mol. The third-order valence-corrected chi connectivity index (χ3v) is 6.11. The summed E-state index contributed by atoms with van der Waals surface area (Å²) < 4.78 is 32.0. The van der Waals surface area contributed by atoms with Gasteiger partial charge in [-0.1, -0.05) is 12.1 Å². The number of hydrogen-bond donors (Lipinski definition) is 1. The number of hydrogen-bond acceptors (Lipinski definition) is 6. The Morgan fingerprint density at radius 2 is 2.04 bits per heavy atom. The number of para-hydroxylation sites is 2. The van der Waals surface area contributed by atoms with Gasteiger partial charge in [-0.15, -0.1) is 5.10 Å². The van der Waals surface area contributed by atoms with Crippen LogP contribution in [0, 0.1) is 0 Å². The number of rotatable bonds is 6. The van der Waals surface area contributed by atoms with E-state index in [-0.39, 0.29) is 5.25 Å². The molecule has 0 atom stereocenters. The molecular weight excluding hydrogens is 340 g/mol. The van der Waals surface area contributed by atoms with Crippen LogP contribution in [0.1, 0.15) is 19.8 Å². The number of ether oxygens (including phenoxy) is 1. The molecule has 0 spiro atoms. The first-order valence-corrected chi connectivity index (χ1v) is 9.68. The second kappa shape index (κ2) is 6.03. The molecule has 1 N–H and O–H groups in total.